The number of aromatic nitrogens is 3. The van der Waals surface area contributed by atoms with E-state index in [1.807, 2.05) is 36.4 Å². The van der Waals surface area contributed by atoms with Crippen molar-refractivity contribution in [3.8, 4) is 6.07 Å². The van der Waals surface area contributed by atoms with Crippen molar-refractivity contribution in [1.82, 2.24) is 14.6 Å². The van der Waals surface area contributed by atoms with Crippen LogP contribution in [0.15, 0.2) is 48.7 Å². The van der Waals surface area contributed by atoms with E-state index in [1.54, 1.807) is 18.3 Å². The third-order valence-corrected chi connectivity index (χ3v) is 2.94. The summed E-state index contributed by atoms with van der Waals surface area (Å²) >= 11 is 0. The smallest absolute Gasteiger partial charge is 0.249 e. The van der Waals surface area contributed by atoms with E-state index in [0.29, 0.717) is 11.2 Å². The fraction of sp³-hybridized carbons (Fsp3) is 0.0667. The minimum absolute atomic E-state index is 0.193. The van der Waals surface area contributed by atoms with Gasteiger partial charge in [-0.3, -0.25) is 10.1 Å². The number of anilines is 1. The van der Waals surface area contributed by atoms with Crippen molar-refractivity contribution >= 4 is 17.5 Å². The summed E-state index contributed by atoms with van der Waals surface area (Å²) in [4.78, 5) is 16.1. The molecule has 0 aliphatic carbocycles. The van der Waals surface area contributed by atoms with Crippen molar-refractivity contribution in [1.29, 1.82) is 5.26 Å². The van der Waals surface area contributed by atoms with E-state index in [0.717, 1.165) is 5.56 Å². The molecule has 0 bridgehead atoms. The lowest BCUT2D eigenvalue weighted by Crippen LogP contribution is -2.15. The van der Waals surface area contributed by atoms with Gasteiger partial charge < -0.3 is 0 Å². The first-order valence-electron chi connectivity index (χ1n) is 6.35. The van der Waals surface area contributed by atoms with Gasteiger partial charge in [0.15, 0.2) is 5.65 Å². The van der Waals surface area contributed by atoms with E-state index in [4.69, 9.17) is 5.26 Å². The second-order valence-electron chi connectivity index (χ2n) is 4.45. The fourth-order valence-electron chi connectivity index (χ4n) is 2.00. The van der Waals surface area contributed by atoms with Gasteiger partial charge in [-0.2, -0.15) is 10.2 Å². The average molecular weight is 277 g/mol. The number of nitrogens with zero attached hydrogens (tertiary/aromatic N) is 4. The summed E-state index contributed by atoms with van der Waals surface area (Å²) in [7, 11) is 0. The third kappa shape index (κ3) is 2.72. The summed E-state index contributed by atoms with van der Waals surface area (Å²) in [6.07, 6.45) is 1.93. The molecule has 2 heterocycles. The zero-order valence-electron chi connectivity index (χ0n) is 11.0. The van der Waals surface area contributed by atoms with Crippen LogP contribution < -0.4 is 5.32 Å². The number of hydrogen-bond donors (Lipinski definition) is 1. The van der Waals surface area contributed by atoms with Crippen LogP contribution >= 0.6 is 0 Å². The molecule has 3 rings (SSSR count). The molecule has 1 aromatic carbocycles. The van der Waals surface area contributed by atoms with Gasteiger partial charge in [-0.1, -0.05) is 30.3 Å². The molecular weight excluding hydrogens is 266 g/mol. The Morgan fingerprint density at radius 1 is 1.24 bits per heavy atom. The molecule has 6 nitrogen and oxygen atoms in total. The van der Waals surface area contributed by atoms with Crippen molar-refractivity contribution in [2.45, 2.75) is 6.42 Å². The molecule has 6 heteroatoms. The minimum atomic E-state index is -0.199. The van der Waals surface area contributed by atoms with E-state index in [1.165, 1.54) is 4.52 Å². The summed E-state index contributed by atoms with van der Waals surface area (Å²) in [5.41, 5.74) is 1.75. The third-order valence-electron chi connectivity index (χ3n) is 2.94. The Morgan fingerprint density at radius 3 is 2.81 bits per heavy atom. The Hall–Kier alpha value is -3.20. The number of carbonyl (C=O) groups is 1. The summed E-state index contributed by atoms with van der Waals surface area (Å²) in [6, 6.07) is 14.8. The van der Waals surface area contributed by atoms with E-state index < -0.39 is 0 Å². The van der Waals surface area contributed by atoms with Gasteiger partial charge in [-0.05, 0) is 17.7 Å². The Kier molecular flexibility index (Phi) is 3.31. The normalized spacial score (nSPS) is 10.2. The van der Waals surface area contributed by atoms with Crippen molar-refractivity contribution in [2.75, 3.05) is 5.32 Å². The standard InChI is InChI=1S/C15H11N5O/c16-10-12-7-4-8-20-14(12)18-15(19-20)17-13(21)9-11-5-2-1-3-6-11/h1-8H,9H2,(H,17,19,21). The molecule has 3 aromatic rings. The molecule has 0 saturated carbocycles. The molecule has 0 aliphatic heterocycles. The van der Waals surface area contributed by atoms with Gasteiger partial charge in [-0.15, -0.1) is 5.10 Å². The van der Waals surface area contributed by atoms with Gasteiger partial charge in [0.05, 0.1) is 12.0 Å². The number of hydrogen-bond acceptors (Lipinski definition) is 4. The second kappa shape index (κ2) is 5.43. The van der Waals surface area contributed by atoms with Crippen LogP contribution in [0.25, 0.3) is 5.65 Å². The number of nitrogens with one attached hydrogen (secondary N) is 1. The predicted octanol–water partition coefficient (Wildman–Crippen LogP) is 1.78. The van der Waals surface area contributed by atoms with Crippen LogP contribution in [0, 0.1) is 11.3 Å². The summed E-state index contributed by atoms with van der Waals surface area (Å²) in [6.45, 7) is 0. The zero-order valence-corrected chi connectivity index (χ0v) is 11.0. The van der Waals surface area contributed by atoms with Crippen molar-refractivity contribution < 1.29 is 4.79 Å². The molecule has 0 fully saturated rings. The SMILES string of the molecule is N#Cc1cccn2nc(NC(=O)Cc3ccccc3)nc12. The minimum Gasteiger partial charge on any atom is -0.293 e. The van der Waals surface area contributed by atoms with Crippen LogP contribution in [0.2, 0.25) is 0 Å². The number of fused-ring (bicyclic) bond motifs is 1. The summed E-state index contributed by atoms with van der Waals surface area (Å²) < 4.78 is 1.47. The molecule has 0 unspecified atom stereocenters. The molecule has 0 saturated heterocycles. The first-order chi connectivity index (χ1) is 10.3. The molecule has 0 radical (unpaired) electrons. The Bertz CT molecular complexity index is 832. The number of benzene rings is 1. The van der Waals surface area contributed by atoms with Crippen LogP contribution in [-0.2, 0) is 11.2 Å². The lowest BCUT2D eigenvalue weighted by molar-refractivity contribution is -0.115. The molecule has 2 aromatic heterocycles. The van der Waals surface area contributed by atoms with Crippen molar-refractivity contribution in [3.05, 3.63) is 59.8 Å². The molecule has 21 heavy (non-hydrogen) atoms. The predicted molar refractivity (Wildman–Crippen MR) is 76.5 cm³/mol. The number of pyridine rings is 1. The second-order valence-corrected chi connectivity index (χ2v) is 4.45. The maximum absolute atomic E-state index is 11.9. The first-order valence-corrected chi connectivity index (χ1v) is 6.35. The lowest BCUT2D eigenvalue weighted by atomic mass is 10.1. The molecule has 1 amide bonds. The van der Waals surface area contributed by atoms with E-state index in [9.17, 15) is 4.79 Å². The molecule has 1 N–H and O–H groups in total. The van der Waals surface area contributed by atoms with E-state index >= 15 is 0 Å². The van der Waals surface area contributed by atoms with Gasteiger partial charge in [-0.25, -0.2) is 4.52 Å². The maximum Gasteiger partial charge on any atom is 0.249 e. The first kappa shape index (κ1) is 12.8. The van der Waals surface area contributed by atoms with Crippen LogP contribution in [0.1, 0.15) is 11.1 Å². The summed E-state index contributed by atoms with van der Waals surface area (Å²) in [5, 5.41) is 15.8. The van der Waals surface area contributed by atoms with Gasteiger partial charge in [0.25, 0.3) is 0 Å². The Balaban J connectivity index is 1.79. The quantitative estimate of drug-likeness (QED) is 0.791. The molecule has 0 aliphatic rings. The monoisotopic (exact) mass is 277 g/mol. The van der Waals surface area contributed by atoms with Gasteiger partial charge in [0.1, 0.15) is 6.07 Å². The van der Waals surface area contributed by atoms with E-state index in [-0.39, 0.29) is 18.3 Å². The highest BCUT2D eigenvalue weighted by molar-refractivity contribution is 5.90. The highest BCUT2D eigenvalue weighted by Gasteiger charge is 2.10. The van der Waals surface area contributed by atoms with Crippen molar-refractivity contribution in [3.63, 3.8) is 0 Å². The van der Waals surface area contributed by atoms with Crippen LogP contribution in [0.5, 0.6) is 0 Å². The molecule has 0 spiro atoms. The number of carbonyl (C=O) groups excluding carboxylic acids is 1. The number of amides is 1. The number of rotatable bonds is 3. The largest absolute Gasteiger partial charge is 0.293 e. The van der Waals surface area contributed by atoms with Gasteiger partial charge in [0.2, 0.25) is 11.9 Å². The van der Waals surface area contributed by atoms with Gasteiger partial charge >= 0.3 is 0 Å². The van der Waals surface area contributed by atoms with Gasteiger partial charge in [0, 0.05) is 6.20 Å². The van der Waals surface area contributed by atoms with Crippen LogP contribution in [0.4, 0.5) is 5.95 Å². The Labute approximate surface area is 120 Å². The van der Waals surface area contributed by atoms with Crippen LogP contribution in [-0.4, -0.2) is 20.5 Å². The summed E-state index contributed by atoms with van der Waals surface area (Å²) in [5.74, 6) is -0.00533. The maximum atomic E-state index is 11.9. The fourth-order valence-corrected chi connectivity index (χ4v) is 2.00. The number of nitriles is 1. The topological polar surface area (TPSA) is 83.1 Å². The molecular formula is C15H11N5O. The average Bonchev–Trinajstić information content (AvgIpc) is 2.90. The molecule has 0 atom stereocenters. The highest BCUT2D eigenvalue weighted by Crippen LogP contribution is 2.10. The Morgan fingerprint density at radius 2 is 2.05 bits per heavy atom. The van der Waals surface area contributed by atoms with Crippen molar-refractivity contribution in [2.24, 2.45) is 0 Å². The lowest BCUT2D eigenvalue weighted by Gasteiger charge is -2.00. The molecule has 102 valence electrons. The van der Waals surface area contributed by atoms with E-state index in [2.05, 4.69) is 15.4 Å². The van der Waals surface area contributed by atoms with Crippen LogP contribution in [0.3, 0.4) is 0 Å². The zero-order chi connectivity index (χ0) is 14.7. The highest BCUT2D eigenvalue weighted by atomic mass is 16.1.